The molecule has 1 aliphatic rings. The number of nitrogens with zero attached hydrogens (tertiary/aromatic N) is 2. The van der Waals surface area contributed by atoms with Gasteiger partial charge in [-0.3, -0.25) is 9.59 Å². The van der Waals surface area contributed by atoms with Crippen molar-refractivity contribution in [3.05, 3.63) is 65.2 Å². The van der Waals surface area contributed by atoms with Gasteiger partial charge in [-0.1, -0.05) is 45.0 Å². The minimum absolute atomic E-state index is 0.0166. The van der Waals surface area contributed by atoms with Crippen molar-refractivity contribution in [2.45, 2.75) is 45.8 Å². The van der Waals surface area contributed by atoms with Gasteiger partial charge in [0.1, 0.15) is 5.75 Å². The molecule has 1 heterocycles. The first-order valence-corrected chi connectivity index (χ1v) is 11.2. The van der Waals surface area contributed by atoms with Gasteiger partial charge in [0, 0.05) is 38.3 Å². The van der Waals surface area contributed by atoms with Crippen LogP contribution in [0.25, 0.3) is 0 Å². The highest BCUT2D eigenvalue weighted by atomic mass is 16.5. The highest BCUT2D eigenvalue weighted by Crippen LogP contribution is 2.26. The molecule has 32 heavy (non-hydrogen) atoms. The maximum atomic E-state index is 12.7. The summed E-state index contributed by atoms with van der Waals surface area (Å²) in [4.78, 5) is 29.3. The Hall–Kier alpha value is -2.86. The van der Waals surface area contributed by atoms with Crippen molar-refractivity contribution < 1.29 is 14.3 Å². The summed E-state index contributed by atoms with van der Waals surface area (Å²) < 4.78 is 5.86. The number of carbonyl (C=O) groups is 2. The summed E-state index contributed by atoms with van der Waals surface area (Å²) >= 11 is 0. The van der Waals surface area contributed by atoms with E-state index in [4.69, 9.17) is 4.74 Å². The van der Waals surface area contributed by atoms with Crippen LogP contribution >= 0.6 is 0 Å². The van der Waals surface area contributed by atoms with Crippen LogP contribution in [-0.2, 0) is 16.8 Å². The molecule has 1 saturated heterocycles. The lowest BCUT2D eigenvalue weighted by atomic mass is 9.87. The summed E-state index contributed by atoms with van der Waals surface area (Å²) in [5, 5.41) is 2.92. The minimum atomic E-state index is -0.608. The number of piperazine rings is 1. The molecule has 0 aromatic heterocycles. The van der Waals surface area contributed by atoms with E-state index in [0.29, 0.717) is 17.9 Å². The molecule has 1 atom stereocenters. The Morgan fingerprint density at radius 3 is 2.31 bits per heavy atom. The molecule has 0 saturated carbocycles. The van der Waals surface area contributed by atoms with Gasteiger partial charge in [-0.15, -0.1) is 0 Å². The van der Waals surface area contributed by atoms with E-state index in [2.05, 4.69) is 44.1 Å². The molecule has 3 rings (SSSR count). The van der Waals surface area contributed by atoms with E-state index in [0.717, 1.165) is 37.3 Å². The number of benzene rings is 2. The predicted molar refractivity (Wildman–Crippen MR) is 127 cm³/mol. The van der Waals surface area contributed by atoms with Gasteiger partial charge >= 0.3 is 0 Å². The molecule has 6 heteroatoms. The van der Waals surface area contributed by atoms with Crippen LogP contribution in [0.5, 0.6) is 5.75 Å². The fourth-order valence-corrected chi connectivity index (χ4v) is 3.58. The number of amides is 2. The largest absolute Gasteiger partial charge is 0.481 e. The van der Waals surface area contributed by atoms with E-state index >= 15 is 0 Å². The number of likely N-dealkylation sites (N-methyl/N-ethyl adjacent to an activating group) is 1. The summed E-state index contributed by atoms with van der Waals surface area (Å²) in [6, 6.07) is 15.3. The van der Waals surface area contributed by atoms with E-state index in [-0.39, 0.29) is 17.2 Å². The van der Waals surface area contributed by atoms with Gasteiger partial charge in [-0.25, -0.2) is 0 Å². The van der Waals surface area contributed by atoms with E-state index in [1.54, 1.807) is 6.92 Å². The Labute approximate surface area is 191 Å². The quantitative estimate of drug-likeness (QED) is 0.752. The van der Waals surface area contributed by atoms with Crippen LogP contribution < -0.4 is 10.1 Å². The van der Waals surface area contributed by atoms with Crippen LogP contribution in [0, 0.1) is 0 Å². The molecule has 2 aromatic rings. The smallest absolute Gasteiger partial charge is 0.261 e. The molecule has 0 aliphatic carbocycles. The Morgan fingerprint density at radius 1 is 1.03 bits per heavy atom. The van der Waals surface area contributed by atoms with Gasteiger partial charge < -0.3 is 19.9 Å². The second-order valence-corrected chi connectivity index (χ2v) is 9.55. The monoisotopic (exact) mass is 437 g/mol. The number of rotatable bonds is 6. The Balaban J connectivity index is 1.50. The zero-order valence-electron chi connectivity index (χ0n) is 19.9. The number of ether oxygens (including phenoxy) is 1. The highest BCUT2D eigenvalue weighted by molar-refractivity contribution is 5.94. The van der Waals surface area contributed by atoms with Crippen molar-refractivity contribution in [1.82, 2.24) is 15.1 Å². The van der Waals surface area contributed by atoms with E-state index in [1.165, 1.54) is 0 Å². The molecule has 172 valence electrons. The van der Waals surface area contributed by atoms with Crippen molar-refractivity contribution in [2.75, 3.05) is 33.2 Å². The van der Waals surface area contributed by atoms with Gasteiger partial charge in [-0.2, -0.15) is 0 Å². The molecule has 0 bridgehead atoms. The fourth-order valence-electron chi connectivity index (χ4n) is 3.58. The zero-order chi connectivity index (χ0) is 23.3. The van der Waals surface area contributed by atoms with Crippen LogP contribution in [0.3, 0.4) is 0 Å². The van der Waals surface area contributed by atoms with Crippen molar-refractivity contribution >= 4 is 11.8 Å². The molecule has 0 spiro atoms. The van der Waals surface area contributed by atoms with Crippen molar-refractivity contribution in [2.24, 2.45) is 0 Å². The Kier molecular flexibility index (Phi) is 7.56. The maximum absolute atomic E-state index is 12.7. The molecule has 2 amide bonds. The van der Waals surface area contributed by atoms with Crippen LogP contribution in [0.15, 0.2) is 48.5 Å². The van der Waals surface area contributed by atoms with E-state index in [9.17, 15) is 9.59 Å². The van der Waals surface area contributed by atoms with Crippen molar-refractivity contribution in [3.63, 3.8) is 0 Å². The first kappa shape index (κ1) is 23.8. The number of hydrogen-bond donors (Lipinski definition) is 1. The van der Waals surface area contributed by atoms with Crippen LogP contribution in [0.1, 0.15) is 49.2 Å². The second kappa shape index (κ2) is 10.2. The van der Waals surface area contributed by atoms with Crippen LogP contribution in [-0.4, -0.2) is 60.9 Å². The average Bonchev–Trinajstić information content (AvgIpc) is 2.77. The molecule has 1 aliphatic heterocycles. The maximum Gasteiger partial charge on any atom is 0.261 e. The summed E-state index contributed by atoms with van der Waals surface area (Å²) in [6.07, 6.45) is -0.608. The number of carbonyl (C=O) groups excluding carboxylic acids is 2. The zero-order valence-corrected chi connectivity index (χ0v) is 19.9. The summed E-state index contributed by atoms with van der Waals surface area (Å²) in [5.41, 5.74) is 2.80. The molecule has 2 aromatic carbocycles. The minimum Gasteiger partial charge on any atom is -0.481 e. The third-order valence-corrected chi connectivity index (χ3v) is 5.84. The van der Waals surface area contributed by atoms with Crippen LogP contribution in [0.4, 0.5) is 0 Å². The summed E-state index contributed by atoms with van der Waals surface area (Å²) in [6.45, 7) is 11.9. The fraction of sp³-hybridized carbons (Fsp3) is 0.462. The Bertz CT molecular complexity index is 926. The predicted octanol–water partition coefficient (Wildman–Crippen LogP) is 3.46. The van der Waals surface area contributed by atoms with Crippen molar-refractivity contribution in [1.29, 1.82) is 0 Å². The lowest BCUT2D eigenvalue weighted by Gasteiger charge is -2.32. The van der Waals surface area contributed by atoms with E-state index < -0.39 is 6.10 Å². The lowest BCUT2D eigenvalue weighted by Crippen LogP contribution is -2.47. The van der Waals surface area contributed by atoms with Gasteiger partial charge in [0.2, 0.25) is 0 Å². The molecule has 1 N–H and O–H groups in total. The van der Waals surface area contributed by atoms with Gasteiger partial charge in [-0.05, 0) is 54.8 Å². The van der Waals surface area contributed by atoms with Gasteiger partial charge in [0.15, 0.2) is 6.10 Å². The summed E-state index contributed by atoms with van der Waals surface area (Å²) in [7, 11) is 2.07. The number of hydrogen-bond acceptors (Lipinski definition) is 4. The standard InChI is InChI=1S/C26H35N3O3/c1-19(32-23-8-6-7-22(17-23)26(2,3)4)24(30)27-18-20-9-11-21(12-10-20)25(31)29-15-13-28(5)14-16-29/h6-12,17,19H,13-16,18H2,1-5H3,(H,27,30). The average molecular weight is 438 g/mol. The normalized spacial score (nSPS) is 15.8. The van der Waals surface area contributed by atoms with E-state index in [1.807, 2.05) is 47.4 Å². The Morgan fingerprint density at radius 2 is 1.69 bits per heavy atom. The SMILES string of the molecule is CC(Oc1cccc(C(C)(C)C)c1)C(=O)NCc1ccc(C(=O)N2CCN(C)CC2)cc1. The molecule has 6 nitrogen and oxygen atoms in total. The molecular formula is C26H35N3O3. The molecular weight excluding hydrogens is 402 g/mol. The summed E-state index contributed by atoms with van der Waals surface area (Å²) in [5.74, 6) is 0.573. The first-order chi connectivity index (χ1) is 15.1. The lowest BCUT2D eigenvalue weighted by molar-refractivity contribution is -0.127. The van der Waals surface area contributed by atoms with Crippen molar-refractivity contribution in [3.8, 4) is 5.75 Å². The van der Waals surface area contributed by atoms with Gasteiger partial charge in [0.05, 0.1) is 0 Å². The third-order valence-electron chi connectivity index (χ3n) is 5.84. The molecule has 1 unspecified atom stereocenters. The van der Waals surface area contributed by atoms with Gasteiger partial charge in [0.25, 0.3) is 11.8 Å². The second-order valence-electron chi connectivity index (χ2n) is 9.55. The third kappa shape index (κ3) is 6.33. The molecule has 0 radical (unpaired) electrons. The van der Waals surface area contributed by atoms with Crippen LogP contribution in [0.2, 0.25) is 0 Å². The highest BCUT2D eigenvalue weighted by Gasteiger charge is 2.21. The molecule has 1 fully saturated rings. The first-order valence-electron chi connectivity index (χ1n) is 11.2. The number of nitrogens with one attached hydrogen (secondary N) is 1. The topological polar surface area (TPSA) is 61.9 Å².